The average Bonchev–Trinajstić information content (AvgIpc) is 2.87. The zero-order chi connectivity index (χ0) is 13.7. The van der Waals surface area contributed by atoms with Crippen LogP contribution >= 0.6 is 35.1 Å². The summed E-state index contributed by atoms with van der Waals surface area (Å²) >= 11 is 4.36. The van der Waals surface area contributed by atoms with Crippen molar-refractivity contribution >= 4 is 41.0 Å². The molecule has 1 N–H and O–H groups in total. The van der Waals surface area contributed by atoms with Crippen molar-refractivity contribution in [1.82, 2.24) is 14.7 Å². The number of rotatable bonds is 5. The highest BCUT2D eigenvalue weighted by atomic mass is 32.2. The molecule has 19 heavy (non-hydrogen) atoms. The van der Waals surface area contributed by atoms with Crippen LogP contribution in [0.15, 0.2) is 9.50 Å². The van der Waals surface area contributed by atoms with Crippen molar-refractivity contribution < 1.29 is 4.79 Å². The lowest BCUT2D eigenvalue weighted by molar-refractivity contribution is -0.119. The van der Waals surface area contributed by atoms with Crippen LogP contribution in [0.25, 0.3) is 0 Å². The Labute approximate surface area is 126 Å². The molecule has 106 valence electrons. The van der Waals surface area contributed by atoms with Gasteiger partial charge in [-0.25, -0.2) is 4.98 Å². The SMILES string of the molecule is CSc1nsc(SCC(=O)N[C@@H]2CCCC[C@H]2C)n1. The molecule has 1 aromatic heterocycles. The van der Waals surface area contributed by atoms with Gasteiger partial charge in [0.15, 0.2) is 4.34 Å². The summed E-state index contributed by atoms with van der Waals surface area (Å²) in [6.45, 7) is 2.23. The van der Waals surface area contributed by atoms with E-state index in [9.17, 15) is 4.79 Å². The summed E-state index contributed by atoms with van der Waals surface area (Å²) in [5, 5.41) is 3.94. The molecule has 1 saturated carbocycles. The van der Waals surface area contributed by atoms with E-state index in [0.29, 0.717) is 17.7 Å². The molecule has 0 aliphatic heterocycles. The van der Waals surface area contributed by atoms with E-state index in [0.717, 1.165) is 15.9 Å². The number of amides is 1. The Bertz CT molecular complexity index is 424. The molecule has 4 nitrogen and oxygen atoms in total. The Hall–Kier alpha value is -0.270. The van der Waals surface area contributed by atoms with Crippen LogP contribution in [0.3, 0.4) is 0 Å². The molecule has 1 aromatic rings. The van der Waals surface area contributed by atoms with E-state index < -0.39 is 0 Å². The summed E-state index contributed by atoms with van der Waals surface area (Å²) in [5.74, 6) is 1.16. The monoisotopic (exact) mass is 317 g/mol. The number of carbonyl (C=O) groups excluding carboxylic acids is 1. The largest absolute Gasteiger partial charge is 0.352 e. The van der Waals surface area contributed by atoms with Gasteiger partial charge in [-0.1, -0.05) is 43.3 Å². The lowest BCUT2D eigenvalue weighted by Gasteiger charge is -2.29. The number of nitrogens with one attached hydrogen (secondary N) is 1. The molecular formula is C12H19N3OS3. The van der Waals surface area contributed by atoms with E-state index >= 15 is 0 Å². The number of hydrogen-bond acceptors (Lipinski definition) is 6. The fraction of sp³-hybridized carbons (Fsp3) is 0.750. The number of hydrogen-bond donors (Lipinski definition) is 1. The third-order valence-corrected chi connectivity index (χ3v) is 5.85. The molecule has 0 unspecified atom stereocenters. The minimum absolute atomic E-state index is 0.115. The van der Waals surface area contributed by atoms with Gasteiger partial charge in [0.1, 0.15) is 0 Å². The minimum Gasteiger partial charge on any atom is -0.352 e. The third kappa shape index (κ3) is 4.65. The molecule has 7 heteroatoms. The molecule has 1 fully saturated rings. The smallest absolute Gasteiger partial charge is 0.230 e. The van der Waals surface area contributed by atoms with E-state index in [1.54, 1.807) is 0 Å². The van der Waals surface area contributed by atoms with E-state index in [2.05, 4.69) is 21.6 Å². The van der Waals surface area contributed by atoms with Crippen LogP contribution in [-0.4, -0.2) is 33.3 Å². The molecule has 1 aliphatic carbocycles. The Morgan fingerprint density at radius 1 is 1.47 bits per heavy atom. The van der Waals surface area contributed by atoms with Gasteiger partial charge in [0.2, 0.25) is 11.1 Å². The van der Waals surface area contributed by atoms with Gasteiger partial charge in [-0.15, -0.1) is 0 Å². The van der Waals surface area contributed by atoms with Crippen molar-refractivity contribution in [3.05, 3.63) is 0 Å². The maximum Gasteiger partial charge on any atom is 0.230 e. The summed E-state index contributed by atoms with van der Waals surface area (Å²) < 4.78 is 5.05. The summed E-state index contributed by atoms with van der Waals surface area (Å²) in [7, 11) is 0. The first-order chi connectivity index (χ1) is 9.19. The summed E-state index contributed by atoms with van der Waals surface area (Å²) in [4.78, 5) is 16.2. The molecular weight excluding hydrogens is 298 g/mol. The van der Waals surface area contributed by atoms with Gasteiger partial charge < -0.3 is 5.32 Å². The van der Waals surface area contributed by atoms with Crippen molar-refractivity contribution in [3.8, 4) is 0 Å². The zero-order valence-electron chi connectivity index (χ0n) is 11.2. The Morgan fingerprint density at radius 3 is 2.95 bits per heavy atom. The molecule has 1 heterocycles. The van der Waals surface area contributed by atoms with Gasteiger partial charge in [-0.3, -0.25) is 4.79 Å². The summed E-state index contributed by atoms with van der Waals surface area (Å²) in [5.41, 5.74) is 0. The zero-order valence-corrected chi connectivity index (χ0v) is 13.7. The molecule has 2 rings (SSSR count). The van der Waals surface area contributed by atoms with Gasteiger partial charge in [0.05, 0.1) is 5.75 Å². The molecule has 0 aromatic carbocycles. The summed E-state index contributed by atoms with van der Waals surface area (Å²) in [6.07, 6.45) is 6.83. The normalized spacial score (nSPS) is 23.3. The molecule has 0 radical (unpaired) electrons. The van der Waals surface area contributed by atoms with Gasteiger partial charge in [-0.05, 0) is 36.5 Å². The van der Waals surface area contributed by atoms with Crippen LogP contribution in [0.5, 0.6) is 0 Å². The van der Waals surface area contributed by atoms with Crippen LogP contribution in [0.1, 0.15) is 32.6 Å². The average molecular weight is 318 g/mol. The van der Waals surface area contributed by atoms with Gasteiger partial charge in [0, 0.05) is 6.04 Å². The first-order valence-electron chi connectivity index (χ1n) is 6.49. The number of carbonyl (C=O) groups is 1. The fourth-order valence-corrected chi connectivity index (χ4v) is 4.27. The van der Waals surface area contributed by atoms with Crippen molar-refractivity contribution in [2.24, 2.45) is 5.92 Å². The molecule has 0 saturated heterocycles. The predicted octanol–water partition coefficient (Wildman–Crippen LogP) is 3.05. The van der Waals surface area contributed by atoms with Gasteiger partial charge >= 0.3 is 0 Å². The van der Waals surface area contributed by atoms with Crippen molar-refractivity contribution in [2.75, 3.05) is 12.0 Å². The highest BCUT2D eigenvalue weighted by Crippen LogP contribution is 2.25. The second-order valence-electron chi connectivity index (χ2n) is 4.77. The quantitative estimate of drug-likeness (QED) is 0.846. The van der Waals surface area contributed by atoms with Gasteiger partial charge in [0.25, 0.3) is 0 Å². The predicted molar refractivity (Wildman–Crippen MR) is 82.0 cm³/mol. The molecule has 1 aliphatic rings. The first-order valence-corrected chi connectivity index (χ1v) is 9.47. The van der Waals surface area contributed by atoms with Crippen molar-refractivity contribution in [1.29, 1.82) is 0 Å². The Morgan fingerprint density at radius 2 is 2.26 bits per heavy atom. The van der Waals surface area contributed by atoms with Crippen LogP contribution in [0.2, 0.25) is 0 Å². The van der Waals surface area contributed by atoms with Gasteiger partial charge in [-0.2, -0.15) is 4.37 Å². The minimum atomic E-state index is 0.115. The maximum absolute atomic E-state index is 11.9. The summed E-state index contributed by atoms with van der Waals surface area (Å²) in [6, 6.07) is 0.359. The van der Waals surface area contributed by atoms with Crippen LogP contribution in [-0.2, 0) is 4.79 Å². The lowest BCUT2D eigenvalue weighted by Crippen LogP contribution is -2.41. The first kappa shape index (κ1) is 15.1. The highest BCUT2D eigenvalue weighted by molar-refractivity contribution is 8.01. The number of nitrogens with zero attached hydrogens (tertiary/aromatic N) is 2. The van der Waals surface area contributed by atoms with E-state index in [4.69, 9.17) is 0 Å². The fourth-order valence-electron chi connectivity index (χ4n) is 2.24. The lowest BCUT2D eigenvalue weighted by atomic mass is 9.86. The van der Waals surface area contributed by atoms with E-state index in [1.807, 2.05) is 6.26 Å². The van der Waals surface area contributed by atoms with E-state index in [1.165, 1.54) is 54.3 Å². The number of aromatic nitrogens is 2. The molecule has 2 atom stereocenters. The highest BCUT2D eigenvalue weighted by Gasteiger charge is 2.22. The van der Waals surface area contributed by atoms with Crippen LogP contribution in [0, 0.1) is 5.92 Å². The van der Waals surface area contributed by atoms with Crippen LogP contribution in [0.4, 0.5) is 0 Å². The maximum atomic E-state index is 11.9. The molecule has 0 bridgehead atoms. The topological polar surface area (TPSA) is 54.9 Å². The second kappa shape index (κ2) is 7.50. The van der Waals surface area contributed by atoms with E-state index in [-0.39, 0.29) is 5.91 Å². The third-order valence-electron chi connectivity index (χ3n) is 3.36. The Balaban J connectivity index is 1.74. The van der Waals surface area contributed by atoms with Crippen molar-refractivity contribution in [3.63, 3.8) is 0 Å². The van der Waals surface area contributed by atoms with Crippen LogP contribution < -0.4 is 5.32 Å². The number of thioether (sulfide) groups is 2. The Kier molecular flexibility index (Phi) is 5.97. The standard InChI is InChI=1S/C12H19N3OS3/c1-8-5-3-4-6-9(8)13-10(16)7-18-12-14-11(17-2)15-19-12/h8-9H,3-7H2,1-2H3,(H,13,16)/t8-,9-/m1/s1. The van der Waals surface area contributed by atoms with Crippen molar-refractivity contribution in [2.45, 2.75) is 48.1 Å². The second-order valence-corrected chi connectivity index (χ2v) is 7.52. The molecule has 0 spiro atoms. The molecule has 1 amide bonds.